The van der Waals surface area contributed by atoms with Gasteiger partial charge in [0.25, 0.3) is 5.91 Å². The average Bonchev–Trinajstić information content (AvgIpc) is 2.67. The molecule has 1 amide bonds. The van der Waals surface area contributed by atoms with Gasteiger partial charge in [0, 0.05) is 24.1 Å². The number of aromatic nitrogens is 2. The summed E-state index contributed by atoms with van der Waals surface area (Å²) in [6.07, 6.45) is 0. The van der Waals surface area contributed by atoms with Crippen LogP contribution in [-0.2, 0) is 0 Å². The van der Waals surface area contributed by atoms with E-state index < -0.39 is 0 Å². The molecule has 0 fully saturated rings. The van der Waals surface area contributed by atoms with E-state index in [1.54, 1.807) is 43.1 Å². The number of hydrogen-bond donors (Lipinski definition) is 1. The molecule has 128 valence electrons. The minimum Gasteiger partial charge on any atom is -0.324 e. The number of carbonyl (C=O) groups is 1. The number of nitriles is 1. The number of amides is 1. The van der Waals surface area contributed by atoms with E-state index in [0.29, 0.717) is 28.6 Å². The summed E-state index contributed by atoms with van der Waals surface area (Å²) in [7, 11) is 1.71. The molecule has 0 saturated heterocycles. The molecule has 0 bridgehead atoms. The maximum atomic E-state index is 12.8. The van der Waals surface area contributed by atoms with E-state index in [4.69, 9.17) is 5.26 Å². The number of aryl methyl sites for hydroxylation is 1. The van der Waals surface area contributed by atoms with Crippen LogP contribution in [-0.4, -0.2) is 22.9 Å². The second-order valence-electron chi connectivity index (χ2n) is 5.74. The van der Waals surface area contributed by atoms with Gasteiger partial charge in [0.2, 0.25) is 5.95 Å². The first kappa shape index (κ1) is 17.1. The summed E-state index contributed by atoms with van der Waals surface area (Å²) in [4.78, 5) is 23.0. The van der Waals surface area contributed by atoms with E-state index in [1.165, 1.54) is 0 Å². The molecule has 2 aromatic carbocycles. The molecular formula is C20H17N5O. The summed E-state index contributed by atoms with van der Waals surface area (Å²) in [5.41, 5.74) is 2.96. The van der Waals surface area contributed by atoms with Crippen LogP contribution < -0.4 is 10.2 Å². The Balaban J connectivity index is 1.87. The fourth-order valence-electron chi connectivity index (χ4n) is 2.47. The van der Waals surface area contributed by atoms with Gasteiger partial charge in [0.15, 0.2) is 0 Å². The summed E-state index contributed by atoms with van der Waals surface area (Å²) in [5, 5.41) is 12.0. The van der Waals surface area contributed by atoms with Crippen LogP contribution in [0.15, 0.2) is 60.7 Å². The van der Waals surface area contributed by atoms with Crippen LogP contribution in [0.1, 0.15) is 21.7 Å². The molecule has 1 heterocycles. The van der Waals surface area contributed by atoms with E-state index in [2.05, 4.69) is 21.4 Å². The predicted octanol–water partition coefficient (Wildman–Crippen LogP) is 3.68. The Morgan fingerprint density at radius 3 is 2.58 bits per heavy atom. The SMILES string of the molecule is Cc1cc(C(=O)N(C)c2ccccc2)nc(Nc2cccc(C#N)c2)n1. The lowest BCUT2D eigenvalue weighted by molar-refractivity contribution is 0.0988. The summed E-state index contributed by atoms with van der Waals surface area (Å²) in [6.45, 7) is 1.80. The van der Waals surface area contributed by atoms with Gasteiger partial charge in [-0.25, -0.2) is 9.97 Å². The lowest BCUT2D eigenvalue weighted by Crippen LogP contribution is -2.27. The first-order valence-electron chi connectivity index (χ1n) is 8.03. The third kappa shape index (κ3) is 3.84. The van der Waals surface area contributed by atoms with Gasteiger partial charge in [-0.1, -0.05) is 24.3 Å². The second-order valence-corrected chi connectivity index (χ2v) is 5.74. The second kappa shape index (κ2) is 7.45. The van der Waals surface area contributed by atoms with Crippen molar-refractivity contribution in [2.75, 3.05) is 17.3 Å². The Kier molecular flexibility index (Phi) is 4.90. The van der Waals surface area contributed by atoms with Crippen LogP contribution in [0.3, 0.4) is 0 Å². The van der Waals surface area contributed by atoms with Gasteiger partial charge in [-0.2, -0.15) is 5.26 Å². The zero-order chi connectivity index (χ0) is 18.5. The highest BCUT2D eigenvalue weighted by Crippen LogP contribution is 2.18. The molecule has 3 aromatic rings. The number of nitrogens with one attached hydrogen (secondary N) is 1. The summed E-state index contributed by atoms with van der Waals surface area (Å²) >= 11 is 0. The molecular weight excluding hydrogens is 326 g/mol. The minimum atomic E-state index is -0.226. The third-order valence-electron chi connectivity index (χ3n) is 3.77. The standard InChI is InChI=1S/C20H17N5O/c1-14-11-18(19(26)25(2)17-9-4-3-5-10-17)24-20(22-14)23-16-8-6-7-15(12-16)13-21/h3-12H,1-2H3,(H,22,23,24). The van der Waals surface area contributed by atoms with Crippen molar-refractivity contribution in [1.82, 2.24) is 9.97 Å². The van der Waals surface area contributed by atoms with Crippen LogP contribution in [0.2, 0.25) is 0 Å². The molecule has 1 aromatic heterocycles. The molecule has 0 radical (unpaired) electrons. The van der Waals surface area contributed by atoms with Crippen LogP contribution in [0.25, 0.3) is 0 Å². The van der Waals surface area contributed by atoms with Crippen molar-refractivity contribution in [2.45, 2.75) is 6.92 Å². The summed E-state index contributed by atoms with van der Waals surface area (Å²) < 4.78 is 0. The molecule has 26 heavy (non-hydrogen) atoms. The van der Waals surface area contributed by atoms with Crippen LogP contribution in [0, 0.1) is 18.3 Å². The first-order valence-corrected chi connectivity index (χ1v) is 8.03. The maximum absolute atomic E-state index is 12.8. The lowest BCUT2D eigenvalue weighted by atomic mass is 10.2. The lowest BCUT2D eigenvalue weighted by Gasteiger charge is -2.17. The van der Waals surface area contributed by atoms with Crippen molar-refractivity contribution < 1.29 is 4.79 Å². The van der Waals surface area contributed by atoms with Gasteiger partial charge in [-0.05, 0) is 43.3 Å². The fourth-order valence-corrected chi connectivity index (χ4v) is 2.47. The van der Waals surface area contributed by atoms with Crippen LogP contribution in [0.5, 0.6) is 0 Å². The van der Waals surface area contributed by atoms with Crippen molar-refractivity contribution >= 4 is 23.2 Å². The average molecular weight is 343 g/mol. The summed E-state index contributed by atoms with van der Waals surface area (Å²) in [5.74, 6) is 0.0837. The van der Waals surface area contributed by atoms with E-state index in [1.807, 2.05) is 36.4 Å². The van der Waals surface area contributed by atoms with Crippen molar-refractivity contribution in [3.8, 4) is 6.07 Å². The third-order valence-corrected chi connectivity index (χ3v) is 3.77. The Bertz CT molecular complexity index is 979. The molecule has 0 unspecified atom stereocenters. The highest BCUT2D eigenvalue weighted by molar-refractivity contribution is 6.04. The zero-order valence-corrected chi connectivity index (χ0v) is 14.5. The Morgan fingerprint density at radius 2 is 1.85 bits per heavy atom. The number of benzene rings is 2. The Morgan fingerprint density at radius 1 is 1.08 bits per heavy atom. The molecule has 0 spiro atoms. The molecule has 0 aliphatic heterocycles. The molecule has 0 atom stereocenters. The summed E-state index contributed by atoms with van der Waals surface area (Å²) in [6, 6.07) is 20.1. The highest BCUT2D eigenvalue weighted by atomic mass is 16.2. The van der Waals surface area contributed by atoms with Gasteiger partial charge in [-0.15, -0.1) is 0 Å². The number of hydrogen-bond acceptors (Lipinski definition) is 5. The molecule has 6 nitrogen and oxygen atoms in total. The van der Waals surface area contributed by atoms with Gasteiger partial charge in [0.1, 0.15) is 5.69 Å². The Hall–Kier alpha value is -3.72. The smallest absolute Gasteiger partial charge is 0.276 e. The van der Waals surface area contributed by atoms with E-state index >= 15 is 0 Å². The maximum Gasteiger partial charge on any atom is 0.276 e. The number of carbonyl (C=O) groups excluding carboxylic acids is 1. The van der Waals surface area contributed by atoms with Crippen molar-refractivity contribution in [2.24, 2.45) is 0 Å². The van der Waals surface area contributed by atoms with Gasteiger partial charge < -0.3 is 10.2 Å². The quantitative estimate of drug-likeness (QED) is 0.781. The number of para-hydroxylation sites is 1. The largest absolute Gasteiger partial charge is 0.324 e. The highest BCUT2D eigenvalue weighted by Gasteiger charge is 2.16. The Labute approximate surface area is 151 Å². The van der Waals surface area contributed by atoms with Gasteiger partial charge >= 0.3 is 0 Å². The molecule has 6 heteroatoms. The zero-order valence-electron chi connectivity index (χ0n) is 14.5. The number of anilines is 3. The fraction of sp³-hybridized carbons (Fsp3) is 0.100. The predicted molar refractivity (Wildman–Crippen MR) is 100 cm³/mol. The van der Waals surface area contributed by atoms with Crippen molar-refractivity contribution in [3.63, 3.8) is 0 Å². The van der Waals surface area contributed by atoms with E-state index in [9.17, 15) is 4.79 Å². The molecule has 3 rings (SSSR count). The van der Waals surface area contributed by atoms with E-state index in [-0.39, 0.29) is 5.91 Å². The topological polar surface area (TPSA) is 81.9 Å². The number of nitrogens with zero attached hydrogens (tertiary/aromatic N) is 4. The van der Waals surface area contributed by atoms with Gasteiger partial charge in [0.05, 0.1) is 11.6 Å². The normalized spacial score (nSPS) is 10.0. The number of rotatable bonds is 4. The van der Waals surface area contributed by atoms with Crippen molar-refractivity contribution in [1.29, 1.82) is 5.26 Å². The minimum absolute atomic E-state index is 0.226. The molecule has 0 saturated carbocycles. The van der Waals surface area contributed by atoms with Gasteiger partial charge in [-0.3, -0.25) is 4.79 Å². The molecule has 1 N–H and O–H groups in total. The molecule has 0 aliphatic carbocycles. The van der Waals surface area contributed by atoms with E-state index in [0.717, 1.165) is 5.69 Å². The van der Waals surface area contributed by atoms with Crippen molar-refractivity contribution in [3.05, 3.63) is 77.6 Å². The molecule has 0 aliphatic rings. The van der Waals surface area contributed by atoms with Crippen LogP contribution >= 0.6 is 0 Å². The monoisotopic (exact) mass is 343 g/mol. The van der Waals surface area contributed by atoms with Crippen LogP contribution in [0.4, 0.5) is 17.3 Å². The first-order chi connectivity index (χ1) is 12.6.